The van der Waals surface area contributed by atoms with Crippen LogP contribution in [-0.2, 0) is 17.8 Å². The summed E-state index contributed by atoms with van der Waals surface area (Å²) in [6.07, 6.45) is 0.931. The van der Waals surface area contributed by atoms with Crippen LogP contribution < -0.4 is 15.1 Å². The number of piperazine rings is 1. The second-order valence-corrected chi connectivity index (χ2v) is 8.50. The largest absolute Gasteiger partial charge is 0.322 e. The van der Waals surface area contributed by atoms with Crippen molar-refractivity contribution < 1.29 is 14.6 Å². The van der Waals surface area contributed by atoms with Gasteiger partial charge in [-0.3, -0.25) is 4.79 Å². The van der Waals surface area contributed by atoms with Crippen LogP contribution in [0, 0.1) is 6.92 Å². The van der Waals surface area contributed by atoms with Crippen LogP contribution in [0.2, 0.25) is 0 Å². The first kappa shape index (κ1) is 20.6. The Hall–Kier alpha value is -2.69. The minimum Gasteiger partial charge on any atom is -0.322 e. The second-order valence-electron chi connectivity index (χ2n) is 8.50. The lowest BCUT2D eigenvalue weighted by Crippen LogP contribution is -3.28. The van der Waals surface area contributed by atoms with E-state index in [1.54, 1.807) is 4.90 Å². The van der Waals surface area contributed by atoms with Crippen molar-refractivity contribution in [1.82, 2.24) is 0 Å². The van der Waals surface area contributed by atoms with Crippen LogP contribution in [0.15, 0.2) is 60.7 Å². The quantitative estimate of drug-likeness (QED) is 0.575. The Labute approximate surface area is 179 Å². The molecule has 0 aromatic heterocycles. The van der Waals surface area contributed by atoms with Gasteiger partial charge in [-0.25, -0.2) is 0 Å². The maximum absolute atomic E-state index is 12.7. The van der Waals surface area contributed by atoms with E-state index < -0.39 is 0 Å². The van der Waals surface area contributed by atoms with Crippen LogP contribution in [0.4, 0.5) is 5.69 Å². The van der Waals surface area contributed by atoms with E-state index in [1.807, 2.05) is 0 Å². The van der Waals surface area contributed by atoms with Crippen LogP contribution in [-0.4, -0.2) is 38.6 Å². The lowest BCUT2D eigenvalue weighted by atomic mass is 10.0. The molecule has 3 N–H and O–H groups in total. The molecular weight excluding hydrogens is 370 g/mol. The summed E-state index contributed by atoms with van der Waals surface area (Å²) in [5.41, 5.74) is 4.78. The number of benzene rings is 3. The summed E-state index contributed by atoms with van der Waals surface area (Å²) in [5.74, 6) is 0.131. The molecule has 1 fully saturated rings. The van der Waals surface area contributed by atoms with Gasteiger partial charge in [-0.2, -0.15) is 0 Å². The molecule has 0 unspecified atom stereocenters. The van der Waals surface area contributed by atoms with E-state index >= 15 is 0 Å². The first-order valence-electron chi connectivity index (χ1n) is 11.2. The van der Waals surface area contributed by atoms with E-state index in [4.69, 9.17) is 0 Å². The Morgan fingerprint density at radius 2 is 1.53 bits per heavy atom. The molecule has 30 heavy (non-hydrogen) atoms. The van der Waals surface area contributed by atoms with Gasteiger partial charge >= 0.3 is 0 Å². The van der Waals surface area contributed by atoms with Crippen molar-refractivity contribution in [3.05, 3.63) is 77.4 Å². The van der Waals surface area contributed by atoms with Gasteiger partial charge in [-0.1, -0.05) is 67.6 Å². The number of anilines is 1. The van der Waals surface area contributed by atoms with Crippen molar-refractivity contribution in [2.45, 2.75) is 26.8 Å². The van der Waals surface area contributed by atoms with E-state index in [0.717, 1.165) is 50.4 Å². The highest BCUT2D eigenvalue weighted by molar-refractivity contribution is 5.93. The van der Waals surface area contributed by atoms with E-state index in [2.05, 4.69) is 79.8 Å². The van der Waals surface area contributed by atoms with Crippen molar-refractivity contribution in [2.75, 3.05) is 38.0 Å². The molecule has 0 bridgehead atoms. The van der Waals surface area contributed by atoms with Crippen molar-refractivity contribution in [3.8, 4) is 0 Å². The second kappa shape index (κ2) is 9.41. The van der Waals surface area contributed by atoms with Crippen LogP contribution in [0.25, 0.3) is 10.8 Å². The van der Waals surface area contributed by atoms with E-state index in [9.17, 15) is 4.79 Å². The third-order valence-corrected chi connectivity index (χ3v) is 6.40. The third kappa shape index (κ3) is 4.72. The lowest BCUT2D eigenvalue weighted by molar-refractivity contribution is -1.01. The molecule has 4 heteroatoms. The molecule has 0 saturated carbocycles. The maximum atomic E-state index is 12.7. The number of aryl methyl sites for hydroxylation is 2. The molecule has 4 nitrogen and oxygen atoms in total. The number of carbonyl (C=O) groups is 1. The van der Waals surface area contributed by atoms with Crippen LogP contribution in [0.3, 0.4) is 0 Å². The maximum Gasteiger partial charge on any atom is 0.279 e. The minimum absolute atomic E-state index is 0.131. The molecule has 1 saturated heterocycles. The fraction of sp³-hybridized carbons (Fsp3) is 0.346. The van der Waals surface area contributed by atoms with Gasteiger partial charge < -0.3 is 15.1 Å². The first-order valence-corrected chi connectivity index (χ1v) is 11.2. The number of nitrogens with one attached hydrogen (secondary N) is 3. The third-order valence-electron chi connectivity index (χ3n) is 6.40. The average molecular weight is 404 g/mol. The van der Waals surface area contributed by atoms with Crippen molar-refractivity contribution in [2.24, 2.45) is 0 Å². The highest BCUT2D eigenvalue weighted by atomic mass is 16.2. The molecule has 1 heterocycles. The zero-order chi connectivity index (χ0) is 20.9. The van der Waals surface area contributed by atoms with Crippen molar-refractivity contribution in [1.29, 1.82) is 0 Å². The summed E-state index contributed by atoms with van der Waals surface area (Å²) < 4.78 is 0. The summed E-state index contributed by atoms with van der Waals surface area (Å²) in [5, 5.41) is 5.87. The number of rotatable bonds is 6. The molecule has 156 valence electrons. The molecule has 3 aromatic carbocycles. The number of quaternary nitrogens is 2. The summed E-state index contributed by atoms with van der Waals surface area (Å²) in [6.45, 7) is 10.1. The highest BCUT2D eigenvalue weighted by Crippen LogP contribution is 2.20. The Morgan fingerprint density at radius 3 is 2.33 bits per heavy atom. The predicted molar refractivity (Wildman–Crippen MR) is 123 cm³/mol. The molecule has 0 radical (unpaired) electrons. The number of carbonyl (C=O) groups excluding carboxylic acids is 1. The van der Waals surface area contributed by atoms with Gasteiger partial charge in [0.1, 0.15) is 32.7 Å². The van der Waals surface area contributed by atoms with Gasteiger partial charge in [0, 0.05) is 11.3 Å². The zero-order valence-electron chi connectivity index (χ0n) is 18.1. The first-order chi connectivity index (χ1) is 14.6. The smallest absolute Gasteiger partial charge is 0.279 e. The molecule has 1 amide bonds. The monoisotopic (exact) mass is 403 g/mol. The van der Waals surface area contributed by atoms with Crippen LogP contribution in [0.5, 0.6) is 0 Å². The summed E-state index contributed by atoms with van der Waals surface area (Å²) in [7, 11) is 0. The highest BCUT2D eigenvalue weighted by Gasteiger charge is 2.25. The topological polar surface area (TPSA) is 38.0 Å². The van der Waals surface area contributed by atoms with Crippen molar-refractivity contribution in [3.63, 3.8) is 0 Å². The molecule has 3 aromatic rings. The molecule has 1 aliphatic heterocycles. The van der Waals surface area contributed by atoms with Gasteiger partial charge in [-0.05, 0) is 35.2 Å². The molecule has 1 aliphatic rings. The van der Waals surface area contributed by atoms with E-state index in [0.29, 0.717) is 6.54 Å². The molecule has 0 atom stereocenters. The Morgan fingerprint density at radius 1 is 0.867 bits per heavy atom. The average Bonchev–Trinajstić information content (AvgIpc) is 2.77. The molecule has 4 rings (SSSR count). The van der Waals surface area contributed by atoms with E-state index in [1.165, 1.54) is 26.8 Å². The van der Waals surface area contributed by atoms with Gasteiger partial charge in [-0.15, -0.1) is 0 Å². The predicted octanol–water partition coefficient (Wildman–Crippen LogP) is 1.63. The van der Waals surface area contributed by atoms with Gasteiger partial charge in [0.2, 0.25) is 0 Å². The lowest BCUT2D eigenvalue weighted by Gasteiger charge is -2.29. The van der Waals surface area contributed by atoms with Crippen LogP contribution in [0.1, 0.15) is 23.6 Å². The summed E-state index contributed by atoms with van der Waals surface area (Å²) in [4.78, 5) is 15.7. The fourth-order valence-corrected chi connectivity index (χ4v) is 4.64. The van der Waals surface area contributed by atoms with Crippen LogP contribution >= 0.6 is 0 Å². The number of hydrogen-bond donors (Lipinski definition) is 3. The molecule has 0 spiro atoms. The minimum atomic E-state index is 0.131. The Balaban J connectivity index is 1.31. The molecule has 0 aliphatic carbocycles. The van der Waals surface area contributed by atoms with Gasteiger partial charge in [0.25, 0.3) is 5.91 Å². The van der Waals surface area contributed by atoms with Crippen molar-refractivity contribution >= 4 is 22.4 Å². The molecular formula is C26H33N3O+2. The number of para-hydroxylation sites is 1. The standard InChI is InChI=1S/C26H31N3O/c1-3-21-10-6-8-20(2)26(21)27-25(30)19-29-16-14-28(15-17-29)18-23-12-7-11-22-9-4-5-13-24(22)23/h4-13H,3,14-19H2,1-2H3,(H,27,30)/p+2. The number of amides is 1. The van der Waals surface area contributed by atoms with E-state index in [-0.39, 0.29) is 5.91 Å². The number of fused-ring (bicyclic) bond motifs is 1. The normalized spacial score (nSPS) is 19.0. The number of hydrogen-bond acceptors (Lipinski definition) is 1. The Bertz CT molecular complexity index is 1020. The SMILES string of the molecule is CCc1cccc(C)c1NC(=O)C[NH+]1CC[NH+](Cc2cccc3ccccc23)CC1. The zero-order valence-corrected chi connectivity index (χ0v) is 18.1. The Kier molecular flexibility index (Phi) is 6.46. The summed E-state index contributed by atoms with van der Waals surface area (Å²) >= 11 is 0. The van der Waals surface area contributed by atoms with Gasteiger partial charge in [0.05, 0.1) is 0 Å². The fourth-order valence-electron chi connectivity index (χ4n) is 4.64. The summed E-state index contributed by atoms with van der Waals surface area (Å²) in [6, 6.07) is 21.5. The van der Waals surface area contributed by atoms with Gasteiger partial charge in [0.15, 0.2) is 6.54 Å².